The van der Waals surface area contributed by atoms with Gasteiger partial charge >= 0.3 is 5.97 Å². The molecule has 0 spiro atoms. The molecule has 134 valence electrons. The van der Waals surface area contributed by atoms with E-state index >= 15 is 0 Å². The Hall–Kier alpha value is -2.69. The molecule has 0 bridgehead atoms. The predicted molar refractivity (Wildman–Crippen MR) is 95.6 cm³/mol. The number of hydrogen-bond donors (Lipinski definition) is 2. The largest absolute Gasteiger partial charge is 0.508 e. The number of carboxylic acid groups (broad SMARTS) is 1. The number of rotatable bonds is 9. The van der Waals surface area contributed by atoms with Crippen LogP contribution in [0.4, 0.5) is 0 Å². The maximum absolute atomic E-state index is 11.7. The highest BCUT2D eigenvalue weighted by atomic mass is 16.5. The van der Waals surface area contributed by atoms with Crippen LogP contribution in [0.5, 0.6) is 17.2 Å². The summed E-state index contributed by atoms with van der Waals surface area (Å²) in [6.45, 7) is 2.68. The van der Waals surface area contributed by atoms with Crippen molar-refractivity contribution in [3.63, 3.8) is 0 Å². The van der Waals surface area contributed by atoms with E-state index < -0.39 is 11.9 Å². The van der Waals surface area contributed by atoms with Gasteiger partial charge in [-0.15, -0.1) is 0 Å². The number of phenolic OH excluding ortho intramolecular Hbond substituents is 1. The van der Waals surface area contributed by atoms with Gasteiger partial charge < -0.3 is 19.7 Å². The minimum Gasteiger partial charge on any atom is -0.508 e. The number of carbonyl (C=O) groups is 1. The lowest BCUT2D eigenvalue weighted by Crippen LogP contribution is -2.14. The third-order valence-electron chi connectivity index (χ3n) is 4.02. The quantitative estimate of drug-likeness (QED) is 0.673. The molecule has 2 rings (SSSR count). The molecule has 0 aliphatic heterocycles. The average Bonchev–Trinajstić information content (AvgIpc) is 2.61. The first-order chi connectivity index (χ1) is 12.0. The smallest absolute Gasteiger partial charge is 0.311 e. The van der Waals surface area contributed by atoms with Gasteiger partial charge in [-0.25, -0.2) is 0 Å². The van der Waals surface area contributed by atoms with E-state index in [9.17, 15) is 15.0 Å². The van der Waals surface area contributed by atoms with E-state index in [-0.39, 0.29) is 5.75 Å². The van der Waals surface area contributed by atoms with E-state index in [1.165, 1.54) is 12.1 Å². The summed E-state index contributed by atoms with van der Waals surface area (Å²) in [4.78, 5) is 11.7. The lowest BCUT2D eigenvalue weighted by molar-refractivity contribution is -0.138. The van der Waals surface area contributed by atoms with Gasteiger partial charge in [-0.2, -0.15) is 0 Å². The molecule has 5 nitrogen and oxygen atoms in total. The van der Waals surface area contributed by atoms with Crippen molar-refractivity contribution in [1.82, 2.24) is 0 Å². The fourth-order valence-corrected chi connectivity index (χ4v) is 2.58. The average molecular weight is 344 g/mol. The molecular formula is C20H24O5. The van der Waals surface area contributed by atoms with Crippen molar-refractivity contribution in [2.24, 2.45) is 0 Å². The zero-order valence-corrected chi connectivity index (χ0v) is 14.6. The molecule has 2 aromatic carbocycles. The third kappa shape index (κ3) is 5.14. The topological polar surface area (TPSA) is 76.0 Å². The number of hydrogen-bond acceptors (Lipinski definition) is 4. The molecule has 0 heterocycles. The zero-order chi connectivity index (χ0) is 18.2. The molecule has 2 aromatic rings. The van der Waals surface area contributed by atoms with E-state index in [0.29, 0.717) is 30.1 Å². The first-order valence-electron chi connectivity index (χ1n) is 8.36. The van der Waals surface area contributed by atoms with Gasteiger partial charge in [0, 0.05) is 0 Å². The SMILES string of the molecule is CCCCOc1cc(CC(C(=O)O)c2ccc(O)cc2)ccc1OC. The summed E-state index contributed by atoms with van der Waals surface area (Å²) < 4.78 is 11.1. The monoisotopic (exact) mass is 344 g/mol. The molecular weight excluding hydrogens is 320 g/mol. The summed E-state index contributed by atoms with van der Waals surface area (Å²) in [6.07, 6.45) is 2.30. The van der Waals surface area contributed by atoms with E-state index in [2.05, 4.69) is 6.92 Å². The molecule has 0 aliphatic rings. The number of ether oxygens (including phenoxy) is 2. The van der Waals surface area contributed by atoms with Crippen molar-refractivity contribution in [2.45, 2.75) is 32.1 Å². The first-order valence-corrected chi connectivity index (χ1v) is 8.36. The minimum atomic E-state index is -0.907. The number of carboxylic acids is 1. The first kappa shape index (κ1) is 18.6. The summed E-state index contributed by atoms with van der Waals surface area (Å²) in [6, 6.07) is 11.8. The Kier molecular flexibility index (Phi) is 6.69. The Morgan fingerprint density at radius 3 is 2.44 bits per heavy atom. The van der Waals surface area contributed by atoms with Gasteiger partial charge in [0.25, 0.3) is 0 Å². The van der Waals surface area contributed by atoms with Crippen LogP contribution in [-0.4, -0.2) is 29.9 Å². The van der Waals surface area contributed by atoms with Crippen LogP contribution in [-0.2, 0) is 11.2 Å². The highest BCUT2D eigenvalue weighted by Gasteiger charge is 2.21. The van der Waals surface area contributed by atoms with Crippen LogP contribution >= 0.6 is 0 Å². The van der Waals surface area contributed by atoms with Gasteiger partial charge in [0.05, 0.1) is 19.6 Å². The van der Waals surface area contributed by atoms with E-state index in [1.54, 1.807) is 25.3 Å². The molecule has 0 amide bonds. The van der Waals surface area contributed by atoms with Crippen LogP contribution < -0.4 is 9.47 Å². The van der Waals surface area contributed by atoms with E-state index in [1.807, 2.05) is 12.1 Å². The van der Waals surface area contributed by atoms with Crippen molar-refractivity contribution in [1.29, 1.82) is 0 Å². The number of benzene rings is 2. The maximum Gasteiger partial charge on any atom is 0.311 e. The Morgan fingerprint density at radius 2 is 1.84 bits per heavy atom. The van der Waals surface area contributed by atoms with Crippen LogP contribution in [0, 0.1) is 0 Å². The molecule has 0 radical (unpaired) electrons. The van der Waals surface area contributed by atoms with Crippen LogP contribution in [0.15, 0.2) is 42.5 Å². The van der Waals surface area contributed by atoms with Gasteiger partial charge in [-0.1, -0.05) is 31.5 Å². The molecule has 0 saturated heterocycles. The van der Waals surface area contributed by atoms with Gasteiger partial charge in [-0.3, -0.25) is 4.79 Å². The number of aromatic hydroxyl groups is 1. The lowest BCUT2D eigenvalue weighted by atomic mass is 9.92. The third-order valence-corrected chi connectivity index (χ3v) is 4.02. The second-order valence-electron chi connectivity index (χ2n) is 5.87. The Labute approximate surface area is 147 Å². The van der Waals surface area contributed by atoms with Gasteiger partial charge in [0.2, 0.25) is 0 Å². The molecule has 5 heteroatoms. The fraction of sp³-hybridized carbons (Fsp3) is 0.350. The Morgan fingerprint density at radius 1 is 1.12 bits per heavy atom. The highest BCUT2D eigenvalue weighted by molar-refractivity contribution is 5.76. The van der Waals surface area contributed by atoms with E-state index in [0.717, 1.165) is 18.4 Å². The molecule has 0 aromatic heterocycles. The number of unbranched alkanes of at least 4 members (excludes halogenated alkanes) is 1. The second kappa shape index (κ2) is 8.97. The lowest BCUT2D eigenvalue weighted by Gasteiger charge is -2.16. The fourth-order valence-electron chi connectivity index (χ4n) is 2.58. The summed E-state index contributed by atoms with van der Waals surface area (Å²) in [7, 11) is 1.58. The Balaban J connectivity index is 2.22. The van der Waals surface area contributed by atoms with Gasteiger partial charge in [-0.05, 0) is 48.2 Å². The van der Waals surface area contributed by atoms with Crippen molar-refractivity contribution >= 4 is 5.97 Å². The minimum absolute atomic E-state index is 0.115. The summed E-state index contributed by atoms with van der Waals surface area (Å²) in [5.41, 5.74) is 1.50. The number of aliphatic carboxylic acids is 1. The van der Waals surface area contributed by atoms with Crippen molar-refractivity contribution in [3.8, 4) is 17.2 Å². The summed E-state index contributed by atoms with van der Waals surface area (Å²) in [5, 5.41) is 19.0. The van der Waals surface area contributed by atoms with Gasteiger partial charge in [0.15, 0.2) is 11.5 Å². The Bertz CT molecular complexity index is 694. The highest BCUT2D eigenvalue weighted by Crippen LogP contribution is 2.31. The van der Waals surface area contributed by atoms with Crippen LogP contribution in [0.25, 0.3) is 0 Å². The van der Waals surface area contributed by atoms with Crippen molar-refractivity contribution in [2.75, 3.05) is 13.7 Å². The summed E-state index contributed by atoms with van der Waals surface area (Å²) >= 11 is 0. The molecule has 1 atom stereocenters. The summed E-state index contributed by atoms with van der Waals surface area (Å²) in [5.74, 6) is -0.226. The van der Waals surface area contributed by atoms with Crippen molar-refractivity contribution in [3.05, 3.63) is 53.6 Å². The molecule has 0 saturated carbocycles. The van der Waals surface area contributed by atoms with E-state index in [4.69, 9.17) is 9.47 Å². The maximum atomic E-state index is 11.7. The molecule has 2 N–H and O–H groups in total. The van der Waals surface area contributed by atoms with Crippen LogP contribution in [0.2, 0.25) is 0 Å². The standard InChI is InChI=1S/C20H24O5/c1-3-4-11-25-19-13-14(5-10-18(19)24-2)12-17(20(22)23)15-6-8-16(21)9-7-15/h5-10,13,17,21H,3-4,11-12H2,1-2H3,(H,22,23). The van der Waals surface area contributed by atoms with Crippen LogP contribution in [0.1, 0.15) is 36.8 Å². The zero-order valence-electron chi connectivity index (χ0n) is 14.6. The molecule has 0 fully saturated rings. The number of phenols is 1. The second-order valence-corrected chi connectivity index (χ2v) is 5.87. The normalized spacial score (nSPS) is 11.8. The molecule has 1 unspecified atom stereocenters. The predicted octanol–water partition coefficient (Wildman–Crippen LogP) is 3.99. The molecule has 25 heavy (non-hydrogen) atoms. The van der Waals surface area contributed by atoms with Crippen LogP contribution in [0.3, 0.4) is 0 Å². The van der Waals surface area contributed by atoms with Gasteiger partial charge in [0.1, 0.15) is 5.75 Å². The van der Waals surface area contributed by atoms with Crippen molar-refractivity contribution < 1.29 is 24.5 Å². The number of methoxy groups -OCH3 is 1. The molecule has 0 aliphatic carbocycles.